The van der Waals surface area contributed by atoms with E-state index in [0.29, 0.717) is 17.9 Å². The van der Waals surface area contributed by atoms with Crippen molar-refractivity contribution in [1.29, 1.82) is 0 Å². The first kappa shape index (κ1) is 19.7. The van der Waals surface area contributed by atoms with E-state index in [1.54, 1.807) is 17.4 Å². The number of rotatable bonds is 5. The van der Waals surface area contributed by atoms with Crippen LogP contribution in [0.1, 0.15) is 33.6 Å². The number of amides is 1. The van der Waals surface area contributed by atoms with Crippen LogP contribution in [0.15, 0.2) is 53.9 Å². The fraction of sp³-hybridized carbons (Fsp3) is 0.208. The number of aromatic nitrogens is 2. The molecule has 4 N–H and O–H groups in total. The monoisotopic (exact) mass is 429 g/mol. The van der Waals surface area contributed by atoms with E-state index >= 15 is 0 Å². The van der Waals surface area contributed by atoms with Gasteiger partial charge in [-0.1, -0.05) is 42.5 Å². The van der Waals surface area contributed by atoms with Crippen molar-refractivity contribution < 1.29 is 4.79 Å². The van der Waals surface area contributed by atoms with Gasteiger partial charge >= 0.3 is 0 Å². The lowest BCUT2D eigenvalue weighted by Crippen LogP contribution is -2.14. The number of benzene rings is 2. The lowest BCUT2D eigenvalue weighted by atomic mass is 10.1. The van der Waals surface area contributed by atoms with E-state index in [9.17, 15) is 4.79 Å². The molecule has 1 aliphatic heterocycles. The molecule has 0 atom stereocenters. The predicted octanol–water partition coefficient (Wildman–Crippen LogP) is 4.11. The normalized spacial score (nSPS) is 13.5. The van der Waals surface area contributed by atoms with Gasteiger partial charge in [-0.15, -0.1) is 11.3 Å². The van der Waals surface area contributed by atoms with E-state index < -0.39 is 5.91 Å². The van der Waals surface area contributed by atoms with Gasteiger partial charge in [0.25, 0.3) is 0 Å². The van der Waals surface area contributed by atoms with Crippen molar-refractivity contribution in [2.75, 3.05) is 11.9 Å². The highest BCUT2D eigenvalue weighted by Gasteiger charge is 2.20. The van der Waals surface area contributed by atoms with E-state index in [0.717, 1.165) is 53.1 Å². The van der Waals surface area contributed by atoms with Crippen LogP contribution < -0.4 is 16.4 Å². The zero-order chi connectivity index (χ0) is 21.2. The van der Waals surface area contributed by atoms with Crippen LogP contribution in [-0.2, 0) is 19.5 Å². The number of anilines is 1. The Hall–Kier alpha value is -3.29. The van der Waals surface area contributed by atoms with Crippen LogP contribution in [0.25, 0.3) is 21.5 Å². The minimum absolute atomic E-state index is 0.424. The molecule has 1 aliphatic rings. The van der Waals surface area contributed by atoms with Gasteiger partial charge in [0.05, 0.1) is 10.6 Å². The maximum absolute atomic E-state index is 11.8. The molecule has 0 spiro atoms. The maximum atomic E-state index is 11.8. The number of nitrogens with zero attached hydrogens (tertiary/aromatic N) is 2. The summed E-state index contributed by atoms with van der Waals surface area (Å²) in [6, 6.07) is 15.9. The molecule has 1 amide bonds. The van der Waals surface area contributed by atoms with Crippen molar-refractivity contribution in [2.45, 2.75) is 25.9 Å². The lowest BCUT2D eigenvalue weighted by Gasteiger charge is -2.15. The molecule has 3 heterocycles. The number of nitrogens with one attached hydrogen (secondary N) is 2. The second kappa shape index (κ2) is 8.45. The molecule has 4 aromatic rings. The topological polar surface area (TPSA) is 92.9 Å². The first-order valence-electron chi connectivity index (χ1n) is 10.4. The minimum Gasteiger partial charge on any atom is -0.366 e. The van der Waals surface area contributed by atoms with E-state index in [1.807, 2.05) is 35.7 Å². The van der Waals surface area contributed by atoms with Crippen molar-refractivity contribution in [3.8, 4) is 10.7 Å². The average molecular weight is 430 g/mol. The number of carbonyl (C=O) groups is 1. The fourth-order valence-corrected chi connectivity index (χ4v) is 5.02. The third kappa shape index (κ3) is 3.89. The third-order valence-electron chi connectivity index (χ3n) is 5.58. The molecule has 156 valence electrons. The van der Waals surface area contributed by atoms with Crippen LogP contribution in [0.4, 0.5) is 5.82 Å². The van der Waals surface area contributed by atoms with Gasteiger partial charge in [0.15, 0.2) is 5.82 Å². The van der Waals surface area contributed by atoms with E-state index in [1.165, 1.54) is 11.1 Å². The molecule has 0 radical (unpaired) electrons. The summed E-state index contributed by atoms with van der Waals surface area (Å²) in [5.74, 6) is 1.15. The second-order valence-electron chi connectivity index (χ2n) is 7.64. The highest BCUT2D eigenvalue weighted by atomic mass is 32.1. The van der Waals surface area contributed by atoms with Gasteiger partial charge in [-0.25, -0.2) is 9.97 Å². The van der Waals surface area contributed by atoms with E-state index in [2.05, 4.69) is 22.8 Å². The van der Waals surface area contributed by atoms with E-state index in [4.69, 9.17) is 15.7 Å². The molecular formula is C24H23N5OS. The van der Waals surface area contributed by atoms with Crippen LogP contribution in [-0.4, -0.2) is 22.4 Å². The van der Waals surface area contributed by atoms with Crippen LogP contribution in [0.5, 0.6) is 0 Å². The minimum atomic E-state index is -0.424. The summed E-state index contributed by atoms with van der Waals surface area (Å²) in [6.45, 7) is 2.39. The summed E-state index contributed by atoms with van der Waals surface area (Å²) in [4.78, 5) is 22.7. The molecular weight excluding hydrogens is 406 g/mol. The van der Waals surface area contributed by atoms with Crippen molar-refractivity contribution >= 4 is 33.8 Å². The Morgan fingerprint density at radius 2 is 1.97 bits per heavy atom. The Morgan fingerprint density at radius 1 is 1.10 bits per heavy atom. The molecule has 2 aromatic heterocycles. The molecule has 5 rings (SSSR count). The highest BCUT2D eigenvalue weighted by Crippen LogP contribution is 2.36. The summed E-state index contributed by atoms with van der Waals surface area (Å²) < 4.78 is 0. The van der Waals surface area contributed by atoms with Crippen LogP contribution in [0, 0.1) is 0 Å². The maximum Gasteiger partial charge on any atom is 0.249 e. The van der Waals surface area contributed by atoms with Gasteiger partial charge in [0.2, 0.25) is 5.91 Å². The number of carbonyl (C=O) groups excluding carboxylic acids is 1. The fourth-order valence-electron chi connectivity index (χ4n) is 4.03. The predicted molar refractivity (Wildman–Crippen MR) is 125 cm³/mol. The van der Waals surface area contributed by atoms with Gasteiger partial charge in [0, 0.05) is 40.4 Å². The van der Waals surface area contributed by atoms with Crippen LogP contribution >= 0.6 is 11.3 Å². The third-order valence-corrected chi connectivity index (χ3v) is 6.57. The Balaban J connectivity index is 1.59. The summed E-state index contributed by atoms with van der Waals surface area (Å²) in [5, 5.41) is 10.8. The molecule has 0 aliphatic carbocycles. The Labute approximate surface area is 184 Å². The van der Waals surface area contributed by atoms with Crippen molar-refractivity contribution in [3.63, 3.8) is 0 Å². The summed E-state index contributed by atoms with van der Waals surface area (Å²) in [6.07, 6.45) is 2.00. The Bertz CT molecular complexity index is 1250. The summed E-state index contributed by atoms with van der Waals surface area (Å²) in [5.41, 5.74) is 9.52. The number of hydrogen-bond acceptors (Lipinski definition) is 6. The zero-order valence-electron chi connectivity index (χ0n) is 17.0. The SMILES string of the molecule is NC(=O)c1cccc2c(-c3nc4c(c(NCc5ccccc5)n3)CCCNC4)scc12. The molecule has 0 saturated heterocycles. The van der Waals surface area contributed by atoms with Crippen molar-refractivity contribution in [2.24, 2.45) is 5.73 Å². The summed E-state index contributed by atoms with van der Waals surface area (Å²) >= 11 is 1.55. The zero-order valence-corrected chi connectivity index (χ0v) is 17.8. The first-order chi connectivity index (χ1) is 15.2. The molecule has 6 nitrogen and oxygen atoms in total. The summed E-state index contributed by atoms with van der Waals surface area (Å²) in [7, 11) is 0. The molecule has 0 bridgehead atoms. The van der Waals surface area contributed by atoms with Gasteiger partial charge in [0.1, 0.15) is 5.82 Å². The second-order valence-corrected chi connectivity index (χ2v) is 8.52. The standard InChI is InChI=1S/C24H23N5OS/c25-22(30)17-9-4-8-16-19(17)14-31-21(16)24-28-20-13-26-11-5-10-18(20)23(29-24)27-12-15-6-2-1-3-7-15/h1-4,6-9,14,26H,5,10-13H2,(H2,25,30)(H,27,28,29). The number of thiophene rings is 1. The number of fused-ring (bicyclic) bond motifs is 2. The van der Waals surface area contributed by atoms with Crippen molar-refractivity contribution in [1.82, 2.24) is 15.3 Å². The smallest absolute Gasteiger partial charge is 0.249 e. The molecule has 0 saturated carbocycles. The van der Waals surface area contributed by atoms with Gasteiger partial charge < -0.3 is 16.4 Å². The average Bonchev–Trinajstić information content (AvgIpc) is 3.08. The Morgan fingerprint density at radius 3 is 2.81 bits per heavy atom. The Kier molecular flexibility index (Phi) is 5.36. The molecule has 0 fully saturated rings. The molecule has 2 aromatic carbocycles. The van der Waals surface area contributed by atoms with Crippen LogP contribution in [0.3, 0.4) is 0 Å². The largest absolute Gasteiger partial charge is 0.366 e. The molecule has 31 heavy (non-hydrogen) atoms. The van der Waals surface area contributed by atoms with Crippen LogP contribution in [0.2, 0.25) is 0 Å². The molecule has 0 unspecified atom stereocenters. The highest BCUT2D eigenvalue weighted by molar-refractivity contribution is 7.15. The molecule has 7 heteroatoms. The first-order valence-corrected chi connectivity index (χ1v) is 11.3. The lowest BCUT2D eigenvalue weighted by molar-refractivity contribution is 0.100. The quantitative estimate of drug-likeness (QED) is 0.444. The van der Waals surface area contributed by atoms with E-state index in [-0.39, 0.29) is 0 Å². The van der Waals surface area contributed by atoms with Gasteiger partial charge in [-0.3, -0.25) is 4.79 Å². The van der Waals surface area contributed by atoms with Gasteiger partial charge in [-0.05, 0) is 31.0 Å². The van der Waals surface area contributed by atoms with Gasteiger partial charge in [-0.2, -0.15) is 0 Å². The van der Waals surface area contributed by atoms with Crippen molar-refractivity contribution in [3.05, 3.63) is 76.3 Å². The number of primary amides is 1. The number of nitrogens with two attached hydrogens (primary N) is 1. The number of hydrogen-bond donors (Lipinski definition) is 3.